The van der Waals surface area contributed by atoms with Crippen molar-refractivity contribution in [1.29, 1.82) is 0 Å². The summed E-state index contributed by atoms with van der Waals surface area (Å²) in [6.07, 6.45) is 1.08. The zero-order valence-corrected chi connectivity index (χ0v) is 24.6. The van der Waals surface area contributed by atoms with Gasteiger partial charge in [-0.1, -0.05) is 0 Å². The Morgan fingerprint density at radius 2 is 1.72 bits per heavy atom. The van der Waals surface area contributed by atoms with E-state index in [2.05, 4.69) is 0 Å². The highest BCUT2D eigenvalue weighted by Crippen LogP contribution is 2.48. The highest BCUT2D eigenvalue weighted by atomic mass is 32.2. The first-order valence-corrected chi connectivity index (χ1v) is 16.7. The Hall–Kier alpha value is -2.26. The summed E-state index contributed by atoms with van der Waals surface area (Å²) in [5, 5.41) is 0.118. The van der Waals surface area contributed by atoms with Crippen molar-refractivity contribution >= 4 is 43.6 Å². The zero-order chi connectivity index (χ0) is 29.2. The molecule has 3 saturated heterocycles. The van der Waals surface area contributed by atoms with Crippen molar-refractivity contribution < 1.29 is 45.5 Å². The molecule has 4 rings (SSSR count). The van der Waals surface area contributed by atoms with E-state index in [1.165, 1.54) is 4.90 Å². The number of ether oxygens (including phenoxy) is 2. The summed E-state index contributed by atoms with van der Waals surface area (Å²) in [6.45, 7) is 6.64. The molecule has 3 atom stereocenters. The minimum absolute atomic E-state index is 0.0916. The van der Waals surface area contributed by atoms with E-state index in [-0.39, 0.29) is 43.5 Å². The van der Waals surface area contributed by atoms with Crippen molar-refractivity contribution in [3.63, 3.8) is 0 Å². The minimum Gasteiger partial charge on any atom is -0.444 e. The van der Waals surface area contributed by atoms with Gasteiger partial charge in [0, 0.05) is 32.5 Å². The Balaban J connectivity index is 0.000000509. The SMILES string of the molecule is CC(C)(C)OC(=O)N1CCCC(N(C(=O)CCC(=O)N2CCOCC2)S(C)(=O)=O)C(=O)C1.O=S1(=O)CC2CC21. The van der Waals surface area contributed by atoms with Gasteiger partial charge < -0.3 is 19.3 Å². The summed E-state index contributed by atoms with van der Waals surface area (Å²) < 4.78 is 56.8. The quantitative estimate of drug-likeness (QED) is 0.429. The van der Waals surface area contributed by atoms with Crippen LogP contribution in [0.4, 0.5) is 4.79 Å². The molecule has 0 bridgehead atoms. The van der Waals surface area contributed by atoms with Crippen LogP contribution in [-0.4, -0.2) is 123 Å². The maximum atomic E-state index is 12.9. The maximum Gasteiger partial charge on any atom is 0.410 e. The fourth-order valence-electron chi connectivity index (χ4n) is 4.76. The van der Waals surface area contributed by atoms with Crippen molar-refractivity contribution in [3.05, 3.63) is 0 Å². The molecule has 3 amide bonds. The monoisotopic (exact) mass is 593 g/mol. The highest BCUT2D eigenvalue weighted by molar-refractivity contribution is 7.94. The number of likely N-dealkylation sites (tertiary alicyclic amines) is 1. The van der Waals surface area contributed by atoms with E-state index in [1.807, 2.05) is 0 Å². The van der Waals surface area contributed by atoms with E-state index in [9.17, 15) is 36.0 Å². The van der Waals surface area contributed by atoms with Crippen molar-refractivity contribution in [3.8, 4) is 0 Å². The number of ketones is 1. The summed E-state index contributed by atoms with van der Waals surface area (Å²) in [5.41, 5.74) is -0.742. The van der Waals surface area contributed by atoms with Gasteiger partial charge >= 0.3 is 6.09 Å². The number of hydrogen-bond acceptors (Lipinski definition) is 10. The van der Waals surface area contributed by atoms with Crippen molar-refractivity contribution in [1.82, 2.24) is 14.1 Å². The van der Waals surface area contributed by atoms with Gasteiger partial charge in [-0.2, -0.15) is 0 Å². The second kappa shape index (κ2) is 12.1. The van der Waals surface area contributed by atoms with Crippen LogP contribution >= 0.6 is 0 Å². The van der Waals surface area contributed by atoms with Crippen LogP contribution in [0.5, 0.6) is 0 Å². The lowest BCUT2D eigenvalue weighted by molar-refractivity contribution is -0.139. The van der Waals surface area contributed by atoms with E-state index in [4.69, 9.17) is 9.47 Å². The van der Waals surface area contributed by atoms with Gasteiger partial charge in [0.1, 0.15) is 11.6 Å². The van der Waals surface area contributed by atoms with Gasteiger partial charge in [-0.3, -0.25) is 14.4 Å². The smallest absolute Gasteiger partial charge is 0.410 e. The lowest BCUT2D eigenvalue weighted by Gasteiger charge is -2.29. The average molecular weight is 594 g/mol. The van der Waals surface area contributed by atoms with Crippen LogP contribution < -0.4 is 0 Å². The molecule has 0 aromatic heterocycles. The molecule has 1 aliphatic carbocycles. The summed E-state index contributed by atoms with van der Waals surface area (Å²) in [6, 6.07) is -1.22. The summed E-state index contributed by atoms with van der Waals surface area (Å²) in [5.74, 6) is -0.564. The Kier molecular flexibility index (Phi) is 9.69. The molecule has 1 saturated carbocycles. The molecule has 4 aliphatic rings. The number of fused-ring (bicyclic) bond motifs is 1. The molecule has 0 spiro atoms. The lowest BCUT2D eigenvalue weighted by Crippen LogP contribution is -2.50. The third kappa shape index (κ3) is 8.61. The Morgan fingerprint density at radius 3 is 2.18 bits per heavy atom. The van der Waals surface area contributed by atoms with Crippen LogP contribution in [0.1, 0.15) is 52.9 Å². The molecule has 0 aromatic rings. The average Bonchev–Trinajstić information content (AvgIpc) is 3.56. The van der Waals surface area contributed by atoms with Crippen LogP contribution in [0.2, 0.25) is 0 Å². The molecular weight excluding hydrogens is 554 g/mol. The molecule has 15 heteroatoms. The van der Waals surface area contributed by atoms with Crippen molar-refractivity contribution in [2.75, 3.05) is 51.4 Å². The molecule has 222 valence electrons. The zero-order valence-electron chi connectivity index (χ0n) is 23.0. The molecule has 3 unspecified atom stereocenters. The number of sulfonamides is 1. The number of Topliss-reactive ketones (excluding diaryl/α,β-unsaturated/α-hetero) is 1. The topological polar surface area (TPSA) is 165 Å². The number of carbonyl (C=O) groups is 4. The predicted octanol–water partition coefficient (Wildman–Crippen LogP) is 0.186. The third-order valence-electron chi connectivity index (χ3n) is 6.84. The maximum absolute atomic E-state index is 12.9. The van der Waals surface area contributed by atoms with Gasteiger partial charge in [0.2, 0.25) is 21.8 Å². The van der Waals surface area contributed by atoms with Crippen LogP contribution in [0.25, 0.3) is 0 Å². The summed E-state index contributed by atoms with van der Waals surface area (Å²) >= 11 is 0. The van der Waals surface area contributed by atoms with Gasteiger partial charge in [0.15, 0.2) is 15.6 Å². The largest absolute Gasteiger partial charge is 0.444 e. The number of morpholine rings is 1. The van der Waals surface area contributed by atoms with E-state index in [0.29, 0.717) is 48.7 Å². The number of hydrogen-bond donors (Lipinski definition) is 0. The van der Waals surface area contributed by atoms with Crippen LogP contribution in [-0.2, 0) is 43.7 Å². The predicted molar refractivity (Wildman–Crippen MR) is 140 cm³/mol. The Morgan fingerprint density at radius 1 is 1.08 bits per heavy atom. The molecule has 39 heavy (non-hydrogen) atoms. The number of carbonyl (C=O) groups excluding carboxylic acids is 4. The molecule has 4 fully saturated rings. The lowest BCUT2D eigenvalue weighted by atomic mass is 10.1. The normalized spacial score (nSPS) is 26.2. The van der Waals surface area contributed by atoms with E-state index in [0.717, 1.165) is 12.7 Å². The van der Waals surface area contributed by atoms with E-state index < -0.39 is 49.3 Å². The first-order chi connectivity index (χ1) is 18.0. The molecule has 0 radical (unpaired) electrons. The third-order valence-corrected chi connectivity index (χ3v) is 10.4. The molecule has 13 nitrogen and oxygen atoms in total. The van der Waals surface area contributed by atoms with Crippen molar-refractivity contribution in [2.45, 2.75) is 69.8 Å². The number of nitrogens with zero attached hydrogens (tertiary/aromatic N) is 3. The number of amides is 3. The fourth-order valence-corrected chi connectivity index (χ4v) is 7.98. The second-order valence-electron chi connectivity index (χ2n) is 11.3. The second-order valence-corrected chi connectivity index (χ2v) is 15.5. The van der Waals surface area contributed by atoms with Gasteiger partial charge in [0.05, 0.1) is 37.0 Å². The Bertz CT molecular complexity index is 1170. The summed E-state index contributed by atoms with van der Waals surface area (Å²) in [7, 11) is -6.55. The molecular formula is C24H39N3O10S2. The standard InChI is InChI=1S/C20H33N3O8S.C4H6O2S/c1-20(2,3)31-19(27)22-9-5-6-15(16(24)14-22)23(32(4,28)29)18(26)8-7-17(25)21-10-12-30-13-11-21;5-7(6)2-3-1-4(3)7/h15H,5-14H2,1-4H3;3-4H,1-2H2. The number of sulfone groups is 1. The molecule has 0 N–H and O–H groups in total. The van der Waals surface area contributed by atoms with Gasteiger partial charge in [-0.15, -0.1) is 0 Å². The molecule has 3 heterocycles. The number of rotatable bonds is 5. The van der Waals surface area contributed by atoms with Crippen LogP contribution in [0, 0.1) is 5.92 Å². The van der Waals surface area contributed by atoms with Crippen LogP contribution in [0.15, 0.2) is 0 Å². The Labute approximate surface area is 230 Å². The fraction of sp³-hybridized carbons (Fsp3) is 0.833. The van der Waals surface area contributed by atoms with Crippen molar-refractivity contribution in [2.24, 2.45) is 5.92 Å². The first kappa shape index (κ1) is 31.3. The molecule has 3 aliphatic heterocycles. The van der Waals surface area contributed by atoms with Gasteiger partial charge in [-0.05, 0) is 46.0 Å². The highest BCUT2D eigenvalue weighted by Gasteiger charge is 2.58. The summed E-state index contributed by atoms with van der Waals surface area (Å²) in [4.78, 5) is 53.2. The van der Waals surface area contributed by atoms with E-state index >= 15 is 0 Å². The van der Waals surface area contributed by atoms with E-state index in [1.54, 1.807) is 25.7 Å². The minimum atomic E-state index is -4.07. The molecule has 0 aromatic carbocycles. The van der Waals surface area contributed by atoms with Gasteiger partial charge in [-0.25, -0.2) is 25.9 Å². The first-order valence-electron chi connectivity index (χ1n) is 13.1. The van der Waals surface area contributed by atoms with Gasteiger partial charge in [0.25, 0.3) is 0 Å². The van der Waals surface area contributed by atoms with Crippen LogP contribution in [0.3, 0.4) is 0 Å².